The zero-order chi connectivity index (χ0) is 11.2. The molecule has 0 aliphatic carbocycles. The molecule has 2 heterocycles. The van der Waals surface area contributed by atoms with E-state index in [4.69, 9.17) is 5.84 Å². The van der Waals surface area contributed by atoms with E-state index in [1.165, 1.54) is 9.78 Å². The molecular weight excluding hydrogens is 226 g/mol. The van der Waals surface area contributed by atoms with Crippen LogP contribution in [0.4, 0.5) is 0 Å². The van der Waals surface area contributed by atoms with Gasteiger partial charge in [0.05, 0.1) is 21.0 Å². The second-order valence-electron chi connectivity index (χ2n) is 3.69. The molecule has 0 fully saturated rings. The third-order valence-electron chi connectivity index (χ3n) is 2.51. The van der Waals surface area contributed by atoms with E-state index in [9.17, 15) is 0 Å². The van der Waals surface area contributed by atoms with Gasteiger partial charge in [0.25, 0.3) is 0 Å². The van der Waals surface area contributed by atoms with E-state index in [1.807, 2.05) is 23.7 Å². The summed E-state index contributed by atoms with van der Waals surface area (Å²) in [6, 6.07) is 0. The van der Waals surface area contributed by atoms with Crippen LogP contribution < -0.4 is 5.84 Å². The first kappa shape index (κ1) is 11.0. The summed E-state index contributed by atoms with van der Waals surface area (Å²) in [6.07, 6.45) is 0. The van der Waals surface area contributed by atoms with Crippen molar-refractivity contribution in [2.45, 2.75) is 33.1 Å². The fourth-order valence-electron chi connectivity index (χ4n) is 1.66. The number of aromatic nitrogens is 1. The van der Waals surface area contributed by atoms with Gasteiger partial charge in [0.2, 0.25) is 0 Å². The van der Waals surface area contributed by atoms with Gasteiger partial charge in [-0.2, -0.15) is 0 Å². The van der Waals surface area contributed by atoms with Crippen LogP contribution in [0, 0.1) is 13.8 Å². The maximum atomic E-state index is 5.95. The van der Waals surface area contributed by atoms with E-state index < -0.39 is 0 Å². The fourth-order valence-corrected chi connectivity index (χ4v) is 3.99. The summed E-state index contributed by atoms with van der Waals surface area (Å²) in [5, 5.41) is 3.27. The van der Waals surface area contributed by atoms with Crippen LogP contribution in [0.3, 0.4) is 0 Å². The van der Waals surface area contributed by atoms with E-state index in [-0.39, 0.29) is 0 Å². The van der Waals surface area contributed by atoms with Gasteiger partial charge in [0.15, 0.2) is 0 Å². The Balaban J connectivity index is 2.44. The SMILES string of the molecule is CC1=C(c2sc(C)nc2C)SC(C)N1N. The molecular formula is C10H15N3S2. The monoisotopic (exact) mass is 241 g/mol. The predicted octanol–water partition coefficient (Wildman–Crippen LogP) is 2.72. The Bertz CT molecular complexity index is 422. The number of nitrogens with two attached hydrogens (primary N) is 1. The van der Waals surface area contributed by atoms with Gasteiger partial charge >= 0.3 is 0 Å². The quantitative estimate of drug-likeness (QED) is 0.768. The van der Waals surface area contributed by atoms with Gasteiger partial charge in [-0.3, -0.25) is 0 Å². The summed E-state index contributed by atoms with van der Waals surface area (Å²) in [5.74, 6) is 5.95. The molecule has 1 aromatic heterocycles. The standard InChI is InChI=1S/C10H15N3S2/c1-5-9(14-7(3)12-5)10-6(2)13(11)8(4)15-10/h8H,11H2,1-4H3. The molecule has 1 unspecified atom stereocenters. The summed E-state index contributed by atoms with van der Waals surface area (Å²) in [6.45, 7) is 8.29. The van der Waals surface area contributed by atoms with Gasteiger partial charge in [-0.05, 0) is 27.7 Å². The van der Waals surface area contributed by atoms with Crippen molar-refractivity contribution in [1.29, 1.82) is 0 Å². The topological polar surface area (TPSA) is 42.2 Å². The Morgan fingerprint density at radius 1 is 1.33 bits per heavy atom. The van der Waals surface area contributed by atoms with Crippen LogP contribution in [0.15, 0.2) is 5.70 Å². The number of hydrazine groups is 1. The molecule has 0 saturated heterocycles. The minimum Gasteiger partial charge on any atom is -0.301 e. The van der Waals surface area contributed by atoms with Crippen LogP contribution in [0.2, 0.25) is 0 Å². The van der Waals surface area contributed by atoms with Crippen molar-refractivity contribution in [1.82, 2.24) is 9.99 Å². The number of hydrogen-bond acceptors (Lipinski definition) is 5. The number of aryl methyl sites for hydroxylation is 2. The summed E-state index contributed by atoms with van der Waals surface area (Å²) in [7, 11) is 0. The summed E-state index contributed by atoms with van der Waals surface area (Å²) in [4.78, 5) is 7.01. The van der Waals surface area contributed by atoms with E-state index in [2.05, 4.69) is 25.8 Å². The van der Waals surface area contributed by atoms with Crippen LogP contribution in [-0.2, 0) is 0 Å². The lowest BCUT2D eigenvalue weighted by Gasteiger charge is -2.16. The van der Waals surface area contributed by atoms with Crippen LogP contribution in [0.1, 0.15) is 29.4 Å². The Labute approximate surface area is 98.3 Å². The van der Waals surface area contributed by atoms with Gasteiger partial charge < -0.3 is 5.01 Å². The maximum absolute atomic E-state index is 5.95. The molecule has 1 aromatic rings. The number of rotatable bonds is 1. The lowest BCUT2D eigenvalue weighted by Crippen LogP contribution is -2.31. The Morgan fingerprint density at radius 3 is 2.40 bits per heavy atom. The molecule has 1 aliphatic rings. The maximum Gasteiger partial charge on any atom is 0.0920 e. The van der Waals surface area contributed by atoms with Gasteiger partial charge in [-0.15, -0.1) is 11.3 Å². The van der Waals surface area contributed by atoms with Gasteiger partial charge in [-0.1, -0.05) is 11.8 Å². The van der Waals surface area contributed by atoms with Crippen LogP contribution in [0.25, 0.3) is 4.91 Å². The van der Waals surface area contributed by atoms with Crippen molar-refractivity contribution >= 4 is 28.0 Å². The van der Waals surface area contributed by atoms with Crippen molar-refractivity contribution in [3.05, 3.63) is 21.3 Å². The molecule has 0 amide bonds. The third kappa shape index (κ3) is 1.79. The average molecular weight is 241 g/mol. The molecule has 0 saturated carbocycles. The lowest BCUT2D eigenvalue weighted by molar-refractivity contribution is 0.363. The minimum atomic E-state index is 0.321. The first-order valence-corrected chi connectivity index (χ1v) is 6.56. The smallest absolute Gasteiger partial charge is 0.0920 e. The Kier molecular flexibility index (Phi) is 2.79. The molecule has 0 spiro atoms. The second-order valence-corrected chi connectivity index (χ2v) is 6.22. The average Bonchev–Trinajstić information content (AvgIpc) is 2.61. The number of nitrogens with zero attached hydrogens (tertiary/aromatic N) is 2. The van der Waals surface area contributed by atoms with E-state index >= 15 is 0 Å². The Hall–Kier alpha value is -0.520. The van der Waals surface area contributed by atoms with Gasteiger partial charge in [0, 0.05) is 10.6 Å². The highest BCUT2D eigenvalue weighted by molar-refractivity contribution is 8.09. The molecule has 15 heavy (non-hydrogen) atoms. The normalized spacial score (nSPS) is 21.7. The van der Waals surface area contributed by atoms with Crippen LogP contribution in [0.5, 0.6) is 0 Å². The number of hydrogen-bond donors (Lipinski definition) is 1. The molecule has 1 atom stereocenters. The molecule has 82 valence electrons. The predicted molar refractivity (Wildman–Crippen MR) is 67.3 cm³/mol. The second kappa shape index (κ2) is 3.81. The molecule has 1 aliphatic heterocycles. The lowest BCUT2D eigenvalue weighted by atomic mass is 10.3. The largest absolute Gasteiger partial charge is 0.301 e. The van der Waals surface area contributed by atoms with E-state index in [0.29, 0.717) is 5.37 Å². The zero-order valence-corrected chi connectivity index (χ0v) is 11.0. The number of allylic oxidation sites excluding steroid dienone is 1. The van der Waals surface area contributed by atoms with Crippen LogP contribution in [-0.4, -0.2) is 15.4 Å². The molecule has 3 nitrogen and oxygen atoms in total. The van der Waals surface area contributed by atoms with Crippen LogP contribution >= 0.6 is 23.1 Å². The van der Waals surface area contributed by atoms with Gasteiger partial charge in [-0.25, -0.2) is 10.8 Å². The third-order valence-corrected chi connectivity index (χ3v) is 5.03. The molecule has 2 rings (SSSR count). The van der Waals surface area contributed by atoms with E-state index in [0.717, 1.165) is 16.4 Å². The highest BCUT2D eigenvalue weighted by Crippen LogP contribution is 2.44. The van der Waals surface area contributed by atoms with Crippen molar-refractivity contribution in [2.24, 2.45) is 5.84 Å². The number of thiazole rings is 1. The summed E-state index contributed by atoms with van der Waals surface area (Å²) >= 11 is 3.56. The first-order chi connectivity index (χ1) is 7.00. The molecule has 0 bridgehead atoms. The highest BCUT2D eigenvalue weighted by atomic mass is 32.2. The molecule has 0 radical (unpaired) electrons. The minimum absolute atomic E-state index is 0.321. The van der Waals surface area contributed by atoms with Gasteiger partial charge in [0.1, 0.15) is 0 Å². The van der Waals surface area contributed by atoms with Crippen molar-refractivity contribution in [3.8, 4) is 0 Å². The van der Waals surface area contributed by atoms with Crippen molar-refractivity contribution in [3.63, 3.8) is 0 Å². The van der Waals surface area contributed by atoms with Crippen molar-refractivity contribution in [2.75, 3.05) is 0 Å². The zero-order valence-electron chi connectivity index (χ0n) is 9.37. The van der Waals surface area contributed by atoms with Crippen molar-refractivity contribution < 1.29 is 0 Å². The summed E-state index contributed by atoms with van der Waals surface area (Å²) in [5.41, 5.74) is 2.26. The fraction of sp³-hybridized carbons (Fsp3) is 0.500. The highest BCUT2D eigenvalue weighted by Gasteiger charge is 2.27. The van der Waals surface area contributed by atoms with E-state index in [1.54, 1.807) is 11.3 Å². The molecule has 0 aromatic carbocycles. The molecule has 2 N–H and O–H groups in total. The summed E-state index contributed by atoms with van der Waals surface area (Å²) < 4.78 is 0. The Morgan fingerprint density at radius 2 is 2.00 bits per heavy atom. The molecule has 5 heteroatoms. The first-order valence-electron chi connectivity index (χ1n) is 4.86. The number of thioether (sulfide) groups is 1.